The maximum atomic E-state index is 12.0. The van der Waals surface area contributed by atoms with E-state index < -0.39 is 12.1 Å². The van der Waals surface area contributed by atoms with Crippen molar-refractivity contribution in [3.8, 4) is 0 Å². The lowest BCUT2D eigenvalue weighted by Gasteiger charge is -2.13. The highest BCUT2D eigenvalue weighted by atomic mass is 16.5. The zero-order chi connectivity index (χ0) is 16.1. The van der Waals surface area contributed by atoms with Crippen molar-refractivity contribution in [2.75, 3.05) is 0 Å². The van der Waals surface area contributed by atoms with Crippen LogP contribution in [0.15, 0.2) is 41.0 Å². The second kappa shape index (κ2) is 6.93. The maximum Gasteiger partial charge on any atom is 0.338 e. The third-order valence-electron chi connectivity index (χ3n) is 3.41. The van der Waals surface area contributed by atoms with Crippen molar-refractivity contribution in [3.05, 3.63) is 59.0 Å². The quantitative estimate of drug-likeness (QED) is 0.862. The van der Waals surface area contributed by atoms with E-state index in [4.69, 9.17) is 9.15 Å². The second-order valence-corrected chi connectivity index (χ2v) is 5.14. The molecule has 0 fully saturated rings. The first-order valence-corrected chi connectivity index (χ1v) is 7.05. The van der Waals surface area contributed by atoms with Crippen molar-refractivity contribution in [1.82, 2.24) is 5.32 Å². The van der Waals surface area contributed by atoms with Gasteiger partial charge >= 0.3 is 5.97 Å². The van der Waals surface area contributed by atoms with Crippen molar-refractivity contribution < 1.29 is 18.7 Å². The van der Waals surface area contributed by atoms with Gasteiger partial charge in [0.2, 0.25) is 0 Å². The topological polar surface area (TPSA) is 68.5 Å². The molecule has 1 amide bonds. The summed E-state index contributed by atoms with van der Waals surface area (Å²) < 4.78 is 10.3. The minimum atomic E-state index is -0.871. The van der Waals surface area contributed by atoms with E-state index >= 15 is 0 Å². The van der Waals surface area contributed by atoms with Gasteiger partial charge in [0.1, 0.15) is 5.76 Å². The number of esters is 1. The summed E-state index contributed by atoms with van der Waals surface area (Å²) in [5.41, 5.74) is 2.54. The number of ether oxygens (including phenoxy) is 1. The van der Waals surface area contributed by atoms with Gasteiger partial charge in [0.05, 0.1) is 18.4 Å². The Balaban J connectivity index is 1.89. The summed E-state index contributed by atoms with van der Waals surface area (Å²) in [5.74, 6) is -0.238. The molecule has 1 aromatic heterocycles. The molecule has 0 bridgehead atoms. The smallest absolute Gasteiger partial charge is 0.338 e. The van der Waals surface area contributed by atoms with Gasteiger partial charge in [0.25, 0.3) is 5.91 Å². The lowest BCUT2D eigenvalue weighted by atomic mass is 10.1. The third kappa shape index (κ3) is 3.97. The van der Waals surface area contributed by atoms with Crippen molar-refractivity contribution in [1.29, 1.82) is 0 Å². The van der Waals surface area contributed by atoms with Gasteiger partial charge in [-0.25, -0.2) is 4.79 Å². The van der Waals surface area contributed by atoms with Crippen LogP contribution in [0.25, 0.3) is 0 Å². The Morgan fingerprint density at radius 1 is 1.23 bits per heavy atom. The fourth-order valence-corrected chi connectivity index (χ4v) is 1.88. The Labute approximate surface area is 129 Å². The predicted octanol–water partition coefficient (Wildman–Crippen LogP) is 2.76. The van der Waals surface area contributed by atoms with Crippen LogP contribution in [0.5, 0.6) is 0 Å². The van der Waals surface area contributed by atoms with Crippen molar-refractivity contribution >= 4 is 11.9 Å². The number of carbonyl (C=O) groups excluding carboxylic acids is 2. The Morgan fingerprint density at radius 2 is 2.00 bits per heavy atom. The molecule has 0 saturated carbocycles. The van der Waals surface area contributed by atoms with Gasteiger partial charge in [-0.15, -0.1) is 0 Å². The number of rotatable bonds is 5. The fraction of sp³-hybridized carbons (Fsp3) is 0.294. The molecule has 116 valence electrons. The molecular formula is C17H19NO4. The molecule has 1 aromatic carbocycles. The number of hydrogen-bond acceptors (Lipinski definition) is 4. The molecular weight excluding hydrogens is 282 g/mol. The molecule has 0 aliphatic rings. The molecule has 0 aliphatic heterocycles. The molecule has 1 atom stereocenters. The minimum absolute atomic E-state index is 0.261. The molecule has 5 nitrogen and oxygen atoms in total. The van der Waals surface area contributed by atoms with Gasteiger partial charge in [0.15, 0.2) is 6.10 Å². The summed E-state index contributed by atoms with van der Waals surface area (Å²) >= 11 is 0. The van der Waals surface area contributed by atoms with E-state index in [-0.39, 0.29) is 12.5 Å². The van der Waals surface area contributed by atoms with Crippen molar-refractivity contribution in [3.63, 3.8) is 0 Å². The summed E-state index contributed by atoms with van der Waals surface area (Å²) in [4.78, 5) is 23.9. The number of amides is 1. The largest absolute Gasteiger partial charge is 0.467 e. The summed E-state index contributed by atoms with van der Waals surface area (Å²) in [7, 11) is 0. The van der Waals surface area contributed by atoms with E-state index in [0.717, 1.165) is 11.1 Å². The number of benzene rings is 1. The molecule has 2 rings (SSSR count). The van der Waals surface area contributed by atoms with E-state index in [1.807, 2.05) is 19.9 Å². The van der Waals surface area contributed by atoms with Crippen LogP contribution in [-0.4, -0.2) is 18.0 Å². The molecule has 0 saturated heterocycles. The van der Waals surface area contributed by atoms with Gasteiger partial charge in [0, 0.05) is 0 Å². The third-order valence-corrected chi connectivity index (χ3v) is 3.41. The van der Waals surface area contributed by atoms with Crippen LogP contribution in [0.4, 0.5) is 0 Å². The average Bonchev–Trinajstić information content (AvgIpc) is 3.00. The number of furan rings is 1. The van der Waals surface area contributed by atoms with Crippen LogP contribution in [0.3, 0.4) is 0 Å². The Morgan fingerprint density at radius 3 is 2.64 bits per heavy atom. The lowest BCUT2D eigenvalue weighted by molar-refractivity contribution is -0.129. The number of nitrogens with one attached hydrogen (secondary N) is 1. The van der Waals surface area contributed by atoms with Crippen LogP contribution in [0, 0.1) is 13.8 Å². The molecule has 0 spiro atoms. The highest BCUT2D eigenvalue weighted by molar-refractivity contribution is 5.92. The average molecular weight is 301 g/mol. The highest BCUT2D eigenvalue weighted by Gasteiger charge is 2.19. The summed E-state index contributed by atoms with van der Waals surface area (Å²) in [5, 5.41) is 2.65. The number of hydrogen-bond donors (Lipinski definition) is 1. The van der Waals surface area contributed by atoms with Crippen LogP contribution < -0.4 is 5.32 Å². The van der Waals surface area contributed by atoms with Crippen LogP contribution in [-0.2, 0) is 16.1 Å². The highest BCUT2D eigenvalue weighted by Crippen LogP contribution is 2.12. The van der Waals surface area contributed by atoms with Gasteiger partial charge in [-0.1, -0.05) is 6.07 Å². The van der Waals surface area contributed by atoms with Gasteiger partial charge in [-0.05, 0) is 56.2 Å². The molecule has 2 aromatic rings. The molecule has 0 unspecified atom stereocenters. The molecule has 22 heavy (non-hydrogen) atoms. The van der Waals surface area contributed by atoms with Crippen LogP contribution in [0.2, 0.25) is 0 Å². The van der Waals surface area contributed by atoms with Crippen LogP contribution >= 0.6 is 0 Å². The summed E-state index contributed by atoms with van der Waals surface area (Å²) in [6.45, 7) is 5.69. The first-order chi connectivity index (χ1) is 10.5. The SMILES string of the molecule is Cc1ccc(C(=O)O[C@H](C)C(=O)NCc2ccco2)cc1C. The van der Waals surface area contributed by atoms with E-state index in [1.165, 1.54) is 13.2 Å². The normalized spacial score (nSPS) is 11.8. The Kier molecular flexibility index (Phi) is 4.99. The van der Waals surface area contributed by atoms with Gasteiger partial charge in [-0.3, -0.25) is 4.79 Å². The maximum absolute atomic E-state index is 12.0. The Bertz CT molecular complexity index is 661. The minimum Gasteiger partial charge on any atom is -0.467 e. The van der Waals surface area contributed by atoms with Crippen LogP contribution in [0.1, 0.15) is 34.2 Å². The molecule has 5 heteroatoms. The van der Waals surface area contributed by atoms with Gasteiger partial charge < -0.3 is 14.5 Å². The summed E-state index contributed by atoms with van der Waals surface area (Å²) in [6, 6.07) is 8.80. The first-order valence-electron chi connectivity index (χ1n) is 7.05. The van der Waals surface area contributed by atoms with Gasteiger partial charge in [-0.2, -0.15) is 0 Å². The molecule has 0 radical (unpaired) electrons. The van der Waals surface area contributed by atoms with Crippen molar-refractivity contribution in [2.24, 2.45) is 0 Å². The van der Waals surface area contributed by atoms with Crippen molar-refractivity contribution in [2.45, 2.75) is 33.4 Å². The van der Waals surface area contributed by atoms with E-state index in [1.54, 1.807) is 24.3 Å². The number of aryl methyl sites for hydroxylation is 2. The fourth-order valence-electron chi connectivity index (χ4n) is 1.88. The second-order valence-electron chi connectivity index (χ2n) is 5.14. The molecule has 1 N–H and O–H groups in total. The number of carbonyl (C=O) groups is 2. The van der Waals surface area contributed by atoms with E-state index in [0.29, 0.717) is 11.3 Å². The zero-order valence-corrected chi connectivity index (χ0v) is 12.9. The molecule has 1 heterocycles. The lowest BCUT2D eigenvalue weighted by Crippen LogP contribution is -2.35. The monoisotopic (exact) mass is 301 g/mol. The molecule has 0 aliphatic carbocycles. The summed E-state index contributed by atoms with van der Waals surface area (Å²) in [6.07, 6.45) is 0.661. The van der Waals surface area contributed by atoms with E-state index in [9.17, 15) is 9.59 Å². The zero-order valence-electron chi connectivity index (χ0n) is 12.9. The first kappa shape index (κ1) is 15.8. The standard InChI is InChI=1S/C17H19NO4/c1-11-6-7-14(9-12(11)2)17(20)22-13(3)16(19)18-10-15-5-4-8-21-15/h4-9,13H,10H2,1-3H3,(H,18,19)/t13-/m1/s1. The van der Waals surface area contributed by atoms with E-state index in [2.05, 4.69) is 5.32 Å². The predicted molar refractivity (Wildman–Crippen MR) is 81.3 cm³/mol. The Hall–Kier alpha value is -2.56.